The van der Waals surface area contributed by atoms with Gasteiger partial charge in [0.1, 0.15) is 0 Å². The Morgan fingerprint density at radius 3 is 2.43 bits per heavy atom. The van der Waals surface area contributed by atoms with Crippen LogP contribution in [0.3, 0.4) is 0 Å². The Bertz CT molecular complexity index is 432. The lowest BCUT2D eigenvalue weighted by atomic mass is 10.1. The number of guanidine groups is 1. The van der Waals surface area contributed by atoms with Crippen molar-refractivity contribution in [3.8, 4) is 0 Å². The SMILES string of the molecule is CCNC(=NCCC(O)c1ccccc1)NCCN(CC)CC. The van der Waals surface area contributed by atoms with Gasteiger partial charge in [-0.3, -0.25) is 4.99 Å². The van der Waals surface area contributed by atoms with E-state index in [1.807, 2.05) is 30.3 Å². The molecule has 0 heterocycles. The number of aliphatic hydroxyl groups is 1. The number of aliphatic hydroxyl groups excluding tert-OH is 1. The fraction of sp³-hybridized carbons (Fsp3) is 0.611. The van der Waals surface area contributed by atoms with Crippen LogP contribution in [-0.4, -0.2) is 55.2 Å². The normalized spacial score (nSPS) is 13.2. The van der Waals surface area contributed by atoms with E-state index in [9.17, 15) is 5.11 Å². The summed E-state index contributed by atoms with van der Waals surface area (Å²) in [6.45, 7) is 11.8. The second-order valence-corrected chi connectivity index (χ2v) is 5.43. The maximum Gasteiger partial charge on any atom is 0.191 e. The zero-order valence-corrected chi connectivity index (χ0v) is 14.8. The molecule has 1 atom stereocenters. The van der Waals surface area contributed by atoms with Gasteiger partial charge in [0.25, 0.3) is 0 Å². The van der Waals surface area contributed by atoms with Crippen LogP contribution in [0.4, 0.5) is 0 Å². The third-order valence-corrected chi connectivity index (χ3v) is 3.82. The van der Waals surface area contributed by atoms with E-state index in [-0.39, 0.29) is 0 Å². The molecule has 23 heavy (non-hydrogen) atoms. The minimum atomic E-state index is -0.460. The molecule has 1 rings (SSSR count). The standard InChI is InChI=1S/C18H32N4O/c1-4-19-18(21-14-15-22(5-2)6-3)20-13-12-17(23)16-10-8-7-9-11-16/h7-11,17,23H,4-6,12-15H2,1-3H3,(H2,19,20,21). The monoisotopic (exact) mass is 320 g/mol. The Kier molecular flexibility index (Phi) is 10.1. The summed E-state index contributed by atoms with van der Waals surface area (Å²) in [7, 11) is 0. The zero-order valence-electron chi connectivity index (χ0n) is 14.8. The van der Waals surface area contributed by atoms with Gasteiger partial charge < -0.3 is 20.6 Å². The smallest absolute Gasteiger partial charge is 0.191 e. The lowest BCUT2D eigenvalue weighted by molar-refractivity contribution is 0.170. The van der Waals surface area contributed by atoms with E-state index in [4.69, 9.17) is 0 Å². The summed E-state index contributed by atoms with van der Waals surface area (Å²) >= 11 is 0. The number of benzene rings is 1. The van der Waals surface area contributed by atoms with Crippen molar-refractivity contribution in [2.45, 2.75) is 33.3 Å². The third-order valence-electron chi connectivity index (χ3n) is 3.82. The zero-order chi connectivity index (χ0) is 16.9. The molecule has 5 heteroatoms. The van der Waals surface area contributed by atoms with Crippen LogP contribution >= 0.6 is 0 Å². The van der Waals surface area contributed by atoms with Crippen molar-refractivity contribution in [3.05, 3.63) is 35.9 Å². The summed E-state index contributed by atoms with van der Waals surface area (Å²) in [6, 6.07) is 9.74. The average molecular weight is 320 g/mol. The molecule has 0 aliphatic heterocycles. The van der Waals surface area contributed by atoms with Crippen molar-refractivity contribution in [2.75, 3.05) is 39.3 Å². The van der Waals surface area contributed by atoms with Crippen LogP contribution in [0.1, 0.15) is 38.9 Å². The molecule has 0 spiro atoms. The van der Waals surface area contributed by atoms with Gasteiger partial charge in [-0.05, 0) is 32.0 Å². The van der Waals surface area contributed by atoms with E-state index in [1.165, 1.54) is 0 Å². The van der Waals surface area contributed by atoms with E-state index < -0.39 is 6.10 Å². The first-order valence-corrected chi connectivity index (χ1v) is 8.68. The minimum absolute atomic E-state index is 0.460. The number of rotatable bonds is 10. The first kappa shape index (κ1) is 19.5. The van der Waals surface area contributed by atoms with Gasteiger partial charge in [-0.2, -0.15) is 0 Å². The Morgan fingerprint density at radius 2 is 1.83 bits per heavy atom. The summed E-state index contributed by atoms with van der Waals surface area (Å²) in [5.41, 5.74) is 0.946. The Hall–Kier alpha value is -1.59. The highest BCUT2D eigenvalue weighted by atomic mass is 16.3. The van der Waals surface area contributed by atoms with E-state index in [0.717, 1.165) is 44.2 Å². The van der Waals surface area contributed by atoms with Crippen molar-refractivity contribution >= 4 is 5.96 Å². The van der Waals surface area contributed by atoms with Crippen LogP contribution in [0.25, 0.3) is 0 Å². The van der Waals surface area contributed by atoms with Gasteiger partial charge in [0.15, 0.2) is 5.96 Å². The summed E-state index contributed by atoms with van der Waals surface area (Å²) in [6.07, 6.45) is 0.162. The molecule has 0 saturated heterocycles. The van der Waals surface area contributed by atoms with E-state index >= 15 is 0 Å². The molecule has 1 aromatic carbocycles. The number of nitrogens with zero attached hydrogens (tertiary/aromatic N) is 2. The van der Waals surface area contributed by atoms with Crippen molar-refractivity contribution < 1.29 is 5.11 Å². The number of hydrogen-bond donors (Lipinski definition) is 3. The molecule has 0 aromatic heterocycles. The van der Waals surface area contributed by atoms with Crippen molar-refractivity contribution in [1.29, 1.82) is 0 Å². The maximum atomic E-state index is 10.2. The first-order valence-electron chi connectivity index (χ1n) is 8.68. The van der Waals surface area contributed by atoms with Gasteiger partial charge in [-0.1, -0.05) is 44.2 Å². The summed E-state index contributed by atoms with van der Waals surface area (Å²) in [5.74, 6) is 0.819. The van der Waals surface area contributed by atoms with Gasteiger partial charge in [-0.15, -0.1) is 0 Å². The molecule has 0 fully saturated rings. The third kappa shape index (κ3) is 8.00. The van der Waals surface area contributed by atoms with Gasteiger partial charge >= 0.3 is 0 Å². The number of nitrogens with one attached hydrogen (secondary N) is 2. The van der Waals surface area contributed by atoms with Crippen LogP contribution in [0, 0.1) is 0 Å². The molecule has 1 unspecified atom stereocenters. The van der Waals surface area contributed by atoms with Crippen LogP contribution in [-0.2, 0) is 0 Å². The largest absolute Gasteiger partial charge is 0.388 e. The second kappa shape index (κ2) is 11.9. The van der Waals surface area contributed by atoms with Gasteiger partial charge in [0, 0.05) is 26.2 Å². The molecule has 3 N–H and O–H groups in total. The van der Waals surface area contributed by atoms with Gasteiger partial charge in [0.2, 0.25) is 0 Å². The van der Waals surface area contributed by atoms with Crippen LogP contribution < -0.4 is 10.6 Å². The van der Waals surface area contributed by atoms with Gasteiger partial charge in [0.05, 0.1) is 6.10 Å². The van der Waals surface area contributed by atoms with Crippen molar-refractivity contribution in [3.63, 3.8) is 0 Å². The Balaban J connectivity index is 2.39. The molecule has 0 amide bonds. The molecular formula is C18H32N4O. The van der Waals surface area contributed by atoms with Crippen molar-refractivity contribution in [1.82, 2.24) is 15.5 Å². The van der Waals surface area contributed by atoms with E-state index in [0.29, 0.717) is 13.0 Å². The molecule has 0 radical (unpaired) electrons. The first-order chi connectivity index (χ1) is 11.2. The van der Waals surface area contributed by atoms with E-state index in [2.05, 4.69) is 41.3 Å². The fourth-order valence-corrected chi connectivity index (χ4v) is 2.35. The molecule has 1 aromatic rings. The molecule has 0 aliphatic carbocycles. The maximum absolute atomic E-state index is 10.2. The fourth-order valence-electron chi connectivity index (χ4n) is 2.35. The summed E-state index contributed by atoms with van der Waals surface area (Å²) < 4.78 is 0. The highest BCUT2D eigenvalue weighted by Crippen LogP contribution is 2.15. The molecule has 0 bridgehead atoms. The topological polar surface area (TPSA) is 59.9 Å². The summed E-state index contributed by atoms with van der Waals surface area (Å²) in [5, 5.41) is 16.8. The number of likely N-dealkylation sites (N-methyl/N-ethyl adjacent to an activating group) is 1. The Morgan fingerprint density at radius 1 is 1.13 bits per heavy atom. The predicted octanol–water partition coefficient (Wildman–Crippen LogP) is 2.01. The molecule has 130 valence electrons. The molecular weight excluding hydrogens is 288 g/mol. The quantitative estimate of drug-likeness (QED) is 0.456. The lowest BCUT2D eigenvalue weighted by Gasteiger charge is -2.19. The highest BCUT2D eigenvalue weighted by molar-refractivity contribution is 5.79. The summed E-state index contributed by atoms with van der Waals surface area (Å²) in [4.78, 5) is 6.91. The molecule has 5 nitrogen and oxygen atoms in total. The average Bonchev–Trinajstić information content (AvgIpc) is 2.59. The highest BCUT2D eigenvalue weighted by Gasteiger charge is 2.06. The second-order valence-electron chi connectivity index (χ2n) is 5.43. The molecule has 0 saturated carbocycles. The lowest BCUT2D eigenvalue weighted by Crippen LogP contribution is -2.41. The van der Waals surface area contributed by atoms with Crippen LogP contribution in [0.5, 0.6) is 0 Å². The van der Waals surface area contributed by atoms with Crippen LogP contribution in [0.2, 0.25) is 0 Å². The van der Waals surface area contributed by atoms with Crippen LogP contribution in [0.15, 0.2) is 35.3 Å². The minimum Gasteiger partial charge on any atom is -0.388 e. The predicted molar refractivity (Wildman–Crippen MR) is 97.8 cm³/mol. The van der Waals surface area contributed by atoms with Gasteiger partial charge in [-0.25, -0.2) is 0 Å². The number of aliphatic imine (C=N–C) groups is 1. The van der Waals surface area contributed by atoms with E-state index in [1.54, 1.807) is 0 Å². The molecule has 0 aliphatic rings. The Labute approximate surface area is 140 Å². The number of hydrogen-bond acceptors (Lipinski definition) is 3. The van der Waals surface area contributed by atoms with Crippen molar-refractivity contribution in [2.24, 2.45) is 4.99 Å².